The lowest BCUT2D eigenvalue weighted by molar-refractivity contribution is -0.136. The summed E-state index contributed by atoms with van der Waals surface area (Å²) in [6.45, 7) is 24.9. The second-order valence-corrected chi connectivity index (χ2v) is 10.7. The van der Waals surface area contributed by atoms with Gasteiger partial charge in [0.2, 0.25) is 11.8 Å². The highest BCUT2D eigenvalue weighted by Crippen LogP contribution is 2.20. The maximum Gasteiger partial charge on any atom is 0.237 e. The van der Waals surface area contributed by atoms with Gasteiger partial charge in [-0.2, -0.15) is 0 Å². The normalized spacial score (nSPS) is 18.1. The molecule has 1 saturated heterocycles. The van der Waals surface area contributed by atoms with Gasteiger partial charge in [-0.05, 0) is 94.5 Å². The zero-order valence-electron chi connectivity index (χ0n) is 22.0. The minimum atomic E-state index is 0.211. The first-order valence-electron chi connectivity index (χ1n) is 12.4. The molecule has 0 unspecified atom stereocenters. The fourth-order valence-corrected chi connectivity index (χ4v) is 5.11. The van der Waals surface area contributed by atoms with Crippen molar-refractivity contribution in [3.8, 4) is 0 Å². The van der Waals surface area contributed by atoms with E-state index >= 15 is 0 Å². The Balaban J connectivity index is 2.74. The van der Waals surface area contributed by atoms with Crippen LogP contribution in [0.25, 0.3) is 0 Å². The topological polar surface area (TPSA) is 47.1 Å². The SMILES string of the molecule is CC(C)N(CC(=O)N(C(C)C)C(C)C)C[C@@H]1CCCN(CC(=O)N(C(C)C)C(C)C)C1. The van der Waals surface area contributed by atoms with Crippen LogP contribution >= 0.6 is 0 Å². The van der Waals surface area contributed by atoms with Gasteiger partial charge in [0, 0.05) is 43.3 Å². The third-order valence-electron chi connectivity index (χ3n) is 6.32. The van der Waals surface area contributed by atoms with Gasteiger partial charge in [-0.15, -0.1) is 0 Å². The molecule has 1 atom stereocenters. The summed E-state index contributed by atoms with van der Waals surface area (Å²) in [5.74, 6) is 0.937. The average Bonchev–Trinajstić information content (AvgIpc) is 2.59. The summed E-state index contributed by atoms with van der Waals surface area (Å²) in [7, 11) is 0. The van der Waals surface area contributed by atoms with Crippen molar-refractivity contribution < 1.29 is 9.59 Å². The number of piperidine rings is 1. The summed E-state index contributed by atoms with van der Waals surface area (Å²) >= 11 is 0. The maximum absolute atomic E-state index is 13.0. The first kappa shape index (κ1) is 27.9. The average molecular weight is 439 g/mol. The van der Waals surface area contributed by atoms with Gasteiger partial charge in [0.05, 0.1) is 13.1 Å². The number of hydrogen-bond donors (Lipinski definition) is 0. The highest BCUT2D eigenvalue weighted by atomic mass is 16.2. The molecule has 1 fully saturated rings. The molecule has 182 valence electrons. The van der Waals surface area contributed by atoms with Gasteiger partial charge in [0.1, 0.15) is 0 Å². The van der Waals surface area contributed by atoms with Gasteiger partial charge in [0.25, 0.3) is 0 Å². The summed E-state index contributed by atoms with van der Waals surface area (Å²) in [5.41, 5.74) is 0. The van der Waals surface area contributed by atoms with E-state index in [9.17, 15) is 9.59 Å². The van der Waals surface area contributed by atoms with E-state index in [4.69, 9.17) is 0 Å². The standard InChI is InChI=1S/C25H50N4O2/c1-18(2)27(17-25(31)29(21(7)8)22(9)10)15-23-12-11-13-26(14-23)16-24(30)28(19(3)4)20(5)6/h18-23H,11-17H2,1-10H3/t23-/m1/s1. The lowest BCUT2D eigenvalue weighted by Crippen LogP contribution is -2.52. The van der Waals surface area contributed by atoms with Crippen LogP contribution in [0.2, 0.25) is 0 Å². The van der Waals surface area contributed by atoms with E-state index in [0.717, 1.165) is 32.5 Å². The van der Waals surface area contributed by atoms with Gasteiger partial charge in [-0.25, -0.2) is 0 Å². The van der Waals surface area contributed by atoms with Gasteiger partial charge in [-0.1, -0.05) is 0 Å². The third kappa shape index (κ3) is 8.72. The van der Waals surface area contributed by atoms with Crippen molar-refractivity contribution in [2.45, 2.75) is 112 Å². The van der Waals surface area contributed by atoms with Crippen LogP contribution in [0.4, 0.5) is 0 Å². The largest absolute Gasteiger partial charge is 0.337 e. The molecular weight excluding hydrogens is 388 g/mol. The van der Waals surface area contributed by atoms with E-state index in [1.165, 1.54) is 0 Å². The van der Waals surface area contributed by atoms with E-state index in [2.05, 4.69) is 79.0 Å². The quantitative estimate of drug-likeness (QED) is 0.493. The van der Waals surface area contributed by atoms with Gasteiger partial charge in [-0.3, -0.25) is 19.4 Å². The minimum absolute atomic E-state index is 0.211. The van der Waals surface area contributed by atoms with Gasteiger partial charge < -0.3 is 9.80 Å². The number of carbonyl (C=O) groups excluding carboxylic acids is 2. The molecule has 0 aromatic heterocycles. The van der Waals surface area contributed by atoms with Crippen molar-refractivity contribution in [2.75, 3.05) is 32.7 Å². The predicted octanol–water partition coefficient (Wildman–Crippen LogP) is 3.70. The molecule has 2 amide bonds. The first-order valence-corrected chi connectivity index (χ1v) is 12.4. The molecule has 6 heteroatoms. The Kier molecular flexibility index (Phi) is 11.5. The summed E-state index contributed by atoms with van der Waals surface area (Å²) in [5, 5.41) is 0. The van der Waals surface area contributed by atoms with Crippen molar-refractivity contribution in [3.05, 3.63) is 0 Å². The Hall–Kier alpha value is -1.14. The van der Waals surface area contributed by atoms with Gasteiger partial charge in [0.15, 0.2) is 0 Å². The number of nitrogens with zero attached hydrogens (tertiary/aromatic N) is 4. The molecule has 6 nitrogen and oxygen atoms in total. The van der Waals surface area contributed by atoms with Crippen LogP contribution in [0.1, 0.15) is 82.1 Å². The molecule has 1 aliphatic heterocycles. The zero-order chi connectivity index (χ0) is 23.9. The van der Waals surface area contributed by atoms with E-state index in [0.29, 0.717) is 25.0 Å². The van der Waals surface area contributed by atoms with Crippen LogP contribution in [0.3, 0.4) is 0 Å². The third-order valence-corrected chi connectivity index (χ3v) is 6.32. The molecule has 0 N–H and O–H groups in total. The lowest BCUT2D eigenvalue weighted by Gasteiger charge is -2.39. The summed E-state index contributed by atoms with van der Waals surface area (Å²) in [6, 6.07) is 1.19. The molecule has 0 saturated carbocycles. The Morgan fingerprint density at radius 2 is 1.26 bits per heavy atom. The van der Waals surface area contributed by atoms with Crippen LogP contribution in [0.15, 0.2) is 0 Å². The number of likely N-dealkylation sites (tertiary alicyclic amines) is 1. The number of rotatable bonds is 11. The Labute approximate surface area is 192 Å². The van der Waals surface area contributed by atoms with Crippen LogP contribution < -0.4 is 0 Å². The second-order valence-electron chi connectivity index (χ2n) is 10.7. The number of carbonyl (C=O) groups is 2. The molecule has 1 aliphatic rings. The van der Waals surface area contributed by atoms with Crippen LogP contribution in [-0.4, -0.2) is 94.3 Å². The molecule has 1 rings (SSSR count). The molecule has 0 radical (unpaired) electrons. The Morgan fingerprint density at radius 1 is 0.774 bits per heavy atom. The molecule has 0 aromatic carbocycles. The fourth-order valence-electron chi connectivity index (χ4n) is 5.11. The predicted molar refractivity (Wildman–Crippen MR) is 130 cm³/mol. The van der Waals surface area contributed by atoms with E-state index in [1.807, 2.05) is 9.80 Å². The minimum Gasteiger partial charge on any atom is -0.337 e. The second kappa shape index (κ2) is 12.8. The van der Waals surface area contributed by atoms with Crippen LogP contribution in [-0.2, 0) is 9.59 Å². The first-order chi connectivity index (χ1) is 14.3. The highest BCUT2D eigenvalue weighted by Gasteiger charge is 2.29. The molecular formula is C25H50N4O2. The molecule has 0 aromatic rings. The fraction of sp³-hybridized carbons (Fsp3) is 0.920. The Bertz CT molecular complexity index is 544. The van der Waals surface area contributed by atoms with Crippen LogP contribution in [0, 0.1) is 5.92 Å². The van der Waals surface area contributed by atoms with Crippen molar-refractivity contribution >= 4 is 11.8 Å². The van der Waals surface area contributed by atoms with Crippen molar-refractivity contribution in [3.63, 3.8) is 0 Å². The maximum atomic E-state index is 13.0. The van der Waals surface area contributed by atoms with Crippen LogP contribution in [0.5, 0.6) is 0 Å². The zero-order valence-corrected chi connectivity index (χ0v) is 22.0. The summed E-state index contributed by atoms with van der Waals surface area (Å²) < 4.78 is 0. The highest BCUT2D eigenvalue weighted by molar-refractivity contribution is 5.79. The number of amides is 2. The molecule has 31 heavy (non-hydrogen) atoms. The van der Waals surface area contributed by atoms with E-state index < -0.39 is 0 Å². The Morgan fingerprint density at radius 3 is 1.71 bits per heavy atom. The molecule has 0 bridgehead atoms. The summed E-state index contributed by atoms with van der Waals surface area (Å²) in [4.78, 5) is 34.6. The molecule has 1 heterocycles. The monoisotopic (exact) mass is 438 g/mol. The van der Waals surface area contributed by atoms with E-state index in [-0.39, 0.29) is 36.0 Å². The number of hydrogen-bond acceptors (Lipinski definition) is 4. The van der Waals surface area contributed by atoms with Crippen molar-refractivity contribution in [1.82, 2.24) is 19.6 Å². The van der Waals surface area contributed by atoms with Gasteiger partial charge >= 0.3 is 0 Å². The summed E-state index contributed by atoms with van der Waals surface area (Å²) in [6.07, 6.45) is 2.28. The molecule has 0 aliphatic carbocycles. The van der Waals surface area contributed by atoms with Crippen molar-refractivity contribution in [1.29, 1.82) is 0 Å². The smallest absolute Gasteiger partial charge is 0.237 e. The lowest BCUT2D eigenvalue weighted by atomic mass is 9.96. The molecule has 0 spiro atoms. The van der Waals surface area contributed by atoms with Crippen molar-refractivity contribution in [2.24, 2.45) is 5.92 Å². The van der Waals surface area contributed by atoms with E-state index in [1.54, 1.807) is 0 Å².